The van der Waals surface area contributed by atoms with Crippen molar-refractivity contribution in [1.29, 1.82) is 0 Å². The molecule has 2 N–H and O–H groups in total. The number of hydrogen-bond donors (Lipinski definition) is 2. The van der Waals surface area contributed by atoms with E-state index in [-0.39, 0.29) is 0 Å². The van der Waals surface area contributed by atoms with E-state index in [2.05, 4.69) is 64.4 Å². The normalized spacial score (nSPS) is 19.3. The highest BCUT2D eigenvalue weighted by Crippen LogP contribution is 2.28. The summed E-state index contributed by atoms with van der Waals surface area (Å²) in [6.07, 6.45) is 9.99. The molecule has 0 atom stereocenters. The molecule has 0 saturated carbocycles. The predicted molar refractivity (Wildman–Crippen MR) is 113 cm³/mol. The molecule has 0 bridgehead atoms. The van der Waals surface area contributed by atoms with Crippen molar-refractivity contribution in [3.8, 4) is 0 Å². The van der Waals surface area contributed by atoms with E-state index in [1.165, 1.54) is 22.5 Å². The summed E-state index contributed by atoms with van der Waals surface area (Å²) < 4.78 is 0. The van der Waals surface area contributed by atoms with Gasteiger partial charge in [-0.15, -0.1) is 0 Å². The summed E-state index contributed by atoms with van der Waals surface area (Å²) in [5, 5.41) is 7.05. The molecule has 3 rings (SSSR count). The van der Waals surface area contributed by atoms with Gasteiger partial charge in [-0.05, 0) is 48.8 Å². The van der Waals surface area contributed by atoms with E-state index in [0.717, 1.165) is 44.0 Å². The molecule has 0 unspecified atom stereocenters. The number of allylic oxidation sites excluding steroid dienone is 4. The fourth-order valence-electron chi connectivity index (χ4n) is 3.16. The Morgan fingerprint density at radius 1 is 1.27 bits per heavy atom. The Labute approximate surface area is 156 Å². The number of nitrogens with zero attached hydrogens (tertiary/aromatic N) is 2. The summed E-state index contributed by atoms with van der Waals surface area (Å²) in [7, 11) is 0. The predicted octanol–water partition coefficient (Wildman–Crippen LogP) is 3.84. The van der Waals surface area contributed by atoms with Gasteiger partial charge in [0.15, 0.2) is 0 Å². The van der Waals surface area contributed by atoms with Crippen molar-refractivity contribution in [2.75, 3.05) is 42.9 Å². The van der Waals surface area contributed by atoms with Crippen molar-refractivity contribution in [1.82, 2.24) is 5.32 Å². The van der Waals surface area contributed by atoms with Crippen LogP contribution in [0.5, 0.6) is 0 Å². The third-order valence-electron chi connectivity index (χ3n) is 4.61. The number of anilines is 2. The summed E-state index contributed by atoms with van der Waals surface area (Å²) >= 11 is 0. The van der Waals surface area contributed by atoms with Crippen LogP contribution in [0.2, 0.25) is 0 Å². The molecule has 1 heterocycles. The van der Waals surface area contributed by atoms with E-state index in [0.29, 0.717) is 0 Å². The first kappa shape index (κ1) is 18.2. The number of aryl methyl sites for hydroxylation is 1. The highest BCUT2D eigenvalue weighted by molar-refractivity contribution is 6.12. The smallest absolute Gasteiger partial charge is 0.0699 e. The van der Waals surface area contributed by atoms with Crippen molar-refractivity contribution in [3.05, 3.63) is 72.0 Å². The maximum absolute atomic E-state index is 4.46. The van der Waals surface area contributed by atoms with Gasteiger partial charge in [0.1, 0.15) is 0 Å². The van der Waals surface area contributed by atoms with E-state index in [1.807, 2.05) is 25.3 Å². The lowest BCUT2D eigenvalue weighted by molar-refractivity contribution is 0.589. The molecular formula is C22H28N4. The minimum Gasteiger partial charge on any atom is -0.379 e. The second kappa shape index (κ2) is 8.68. The molecule has 2 aliphatic rings. The van der Waals surface area contributed by atoms with Gasteiger partial charge in [-0.1, -0.05) is 30.9 Å². The lowest BCUT2D eigenvalue weighted by atomic mass is 10.0. The Bertz CT molecular complexity index is 777. The van der Waals surface area contributed by atoms with Crippen LogP contribution in [0.25, 0.3) is 0 Å². The second-order valence-corrected chi connectivity index (χ2v) is 6.69. The van der Waals surface area contributed by atoms with Gasteiger partial charge in [-0.3, -0.25) is 4.99 Å². The van der Waals surface area contributed by atoms with Crippen molar-refractivity contribution in [2.24, 2.45) is 4.99 Å². The van der Waals surface area contributed by atoms with Gasteiger partial charge in [0.2, 0.25) is 0 Å². The van der Waals surface area contributed by atoms with E-state index < -0.39 is 0 Å². The number of nitrogens with one attached hydrogen (secondary N) is 2. The molecule has 1 aliphatic carbocycles. The Kier molecular flexibility index (Phi) is 6.08. The molecule has 136 valence electrons. The Morgan fingerprint density at radius 2 is 2.08 bits per heavy atom. The monoisotopic (exact) mass is 348 g/mol. The first-order chi connectivity index (χ1) is 12.7. The molecule has 0 aromatic heterocycles. The minimum atomic E-state index is 0.765. The summed E-state index contributed by atoms with van der Waals surface area (Å²) in [4.78, 5) is 6.91. The van der Waals surface area contributed by atoms with Crippen molar-refractivity contribution in [3.63, 3.8) is 0 Å². The van der Waals surface area contributed by atoms with E-state index in [4.69, 9.17) is 0 Å². The van der Waals surface area contributed by atoms with Crippen molar-refractivity contribution < 1.29 is 0 Å². The minimum absolute atomic E-state index is 0.765. The van der Waals surface area contributed by atoms with Gasteiger partial charge < -0.3 is 15.5 Å². The summed E-state index contributed by atoms with van der Waals surface area (Å²) in [5.41, 5.74) is 6.82. The zero-order chi connectivity index (χ0) is 18.4. The quantitative estimate of drug-likeness (QED) is 0.849. The zero-order valence-corrected chi connectivity index (χ0v) is 15.8. The van der Waals surface area contributed by atoms with E-state index in [9.17, 15) is 0 Å². The van der Waals surface area contributed by atoms with Crippen LogP contribution >= 0.6 is 0 Å². The number of rotatable bonds is 5. The lowest BCUT2D eigenvalue weighted by Crippen LogP contribution is -2.43. The molecule has 0 amide bonds. The zero-order valence-electron chi connectivity index (χ0n) is 15.8. The SMILES string of the molecule is C=C1C=CC(CNc2cc(C)ccc2N2CCNCC2)=CC1=N/C=C\C. The number of aliphatic imine (C=N–C) groups is 1. The van der Waals surface area contributed by atoms with Gasteiger partial charge in [-0.2, -0.15) is 0 Å². The van der Waals surface area contributed by atoms with Crippen molar-refractivity contribution in [2.45, 2.75) is 13.8 Å². The van der Waals surface area contributed by atoms with Crippen LogP contribution in [-0.2, 0) is 0 Å². The Hall–Kier alpha value is -2.59. The molecule has 0 radical (unpaired) electrons. The third kappa shape index (κ3) is 4.52. The summed E-state index contributed by atoms with van der Waals surface area (Å²) in [6.45, 7) is 13.1. The van der Waals surface area contributed by atoms with Crippen LogP contribution < -0.4 is 15.5 Å². The van der Waals surface area contributed by atoms with Gasteiger partial charge >= 0.3 is 0 Å². The van der Waals surface area contributed by atoms with Crippen LogP contribution in [0.3, 0.4) is 0 Å². The molecule has 1 aliphatic heterocycles. The van der Waals surface area contributed by atoms with Gasteiger partial charge in [-0.25, -0.2) is 0 Å². The maximum atomic E-state index is 4.46. The molecule has 0 spiro atoms. The topological polar surface area (TPSA) is 39.7 Å². The third-order valence-corrected chi connectivity index (χ3v) is 4.61. The molecule has 1 saturated heterocycles. The molecule has 1 fully saturated rings. The van der Waals surface area contributed by atoms with Crippen LogP contribution in [0, 0.1) is 6.92 Å². The Morgan fingerprint density at radius 3 is 2.85 bits per heavy atom. The van der Waals surface area contributed by atoms with Crippen LogP contribution in [0.4, 0.5) is 11.4 Å². The average molecular weight is 348 g/mol. The molecule has 26 heavy (non-hydrogen) atoms. The van der Waals surface area contributed by atoms with Crippen LogP contribution in [0.15, 0.2) is 71.4 Å². The molecule has 1 aromatic rings. The number of hydrogen-bond acceptors (Lipinski definition) is 4. The maximum Gasteiger partial charge on any atom is 0.0699 e. The number of piperazine rings is 1. The van der Waals surface area contributed by atoms with Gasteiger partial charge in [0, 0.05) is 38.9 Å². The van der Waals surface area contributed by atoms with Crippen LogP contribution in [-0.4, -0.2) is 38.4 Å². The fraction of sp³-hybridized carbons (Fsp3) is 0.318. The second-order valence-electron chi connectivity index (χ2n) is 6.69. The number of benzene rings is 1. The Balaban J connectivity index is 1.76. The molecule has 4 nitrogen and oxygen atoms in total. The van der Waals surface area contributed by atoms with E-state index in [1.54, 1.807) is 0 Å². The summed E-state index contributed by atoms with van der Waals surface area (Å²) in [6, 6.07) is 6.65. The van der Waals surface area contributed by atoms with Gasteiger partial charge in [0.05, 0.1) is 17.1 Å². The van der Waals surface area contributed by atoms with Crippen molar-refractivity contribution >= 4 is 17.1 Å². The molecule has 1 aromatic carbocycles. The largest absolute Gasteiger partial charge is 0.379 e. The highest BCUT2D eigenvalue weighted by Gasteiger charge is 2.14. The highest BCUT2D eigenvalue weighted by atomic mass is 15.2. The molecule has 4 heteroatoms. The van der Waals surface area contributed by atoms with E-state index >= 15 is 0 Å². The summed E-state index contributed by atoms with van der Waals surface area (Å²) in [5.74, 6) is 0. The van der Waals surface area contributed by atoms with Gasteiger partial charge in [0.25, 0.3) is 0 Å². The first-order valence-electron chi connectivity index (χ1n) is 9.24. The fourth-order valence-corrected chi connectivity index (χ4v) is 3.16. The standard InChI is InChI=1S/C22H28N4/c1-4-9-24-20-15-19(7-6-18(20)3)16-25-21-14-17(2)5-8-22(21)26-12-10-23-11-13-26/h4-9,14-15,23,25H,3,10-13,16H2,1-2H3/b9-4-,24-20?. The average Bonchev–Trinajstić information content (AvgIpc) is 2.67. The molecular weight excluding hydrogens is 320 g/mol. The first-order valence-corrected chi connectivity index (χ1v) is 9.24. The lowest BCUT2D eigenvalue weighted by Gasteiger charge is -2.31. The van der Waals surface area contributed by atoms with Crippen LogP contribution in [0.1, 0.15) is 12.5 Å².